The maximum Gasteiger partial charge on any atom is 0.240 e. The van der Waals surface area contributed by atoms with Crippen LogP contribution in [0.4, 0.5) is 0 Å². The normalized spacial score (nSPS) is 20.6. The summed E-state index contributed by atoms with van der Waals surface area (Å²) in [4.78, 5) is 12.4. The lowest BCUT2D eigenvalue weighted by atomic mass is 9.84. The van der Waals surface area contributed by atoms with Crippen molar-refractivity contribution in [3.8, 4) is 0 Å². The fourth-order valence-electron chi connectivity index (χ4n) is 3.17. The minimum Gasteiger partial charge on any atom is -0.353 e. The second kappa shape index (κ2) is 10.1. The lowest BCUT2D eigenvalue weighted by molar-refractivity contribution is -0.122. The van der Waals surface area contributed by atoms with Gasteiger partial charge in [-0.1, -0.05) is 25.0 Å². The highest BCUT2D eigenvalue weighted by molar-refractivity contribution is 7.89. The average molecular weight is 390 g/mol. The molecule has 25 heavy (non-hydrogen) atoms. The molecule has 1 amide bonds. The Morgan fingerprint density at radius 3 is 2.44 bits per heavy atom. The molecule has 1 aromatic rings. The van der Waals surface area contributed by atoms with Gasteiger partial charge in [0.05, 0.1) is 4.90 Å². The Bertz CT molecular complexity index is 650. The van der Waals surface area contributed by atoms with Crippen LogP contribution in [-0.4, -0.2) is 34.0 Å². The van der Waals surface area contributed by atoms with Crippen molar-refractivity contribution in [1.82, 2.24) is 10.0 Å². The van der Waals surface area contributed by atoms with Crippen molar-refractivity contribution in [2.24, 2.45) is 11.7 Å². The molecule has 1 aliphatic carbocycles. The van der Waals surface area contributed by atoms with E-state index >= 15 is 0 Å². The predicted octanol–water partition coefficient (Wildman–Crippen LogP) is 1.58. The van der Waals surface area contributed by atoms with E-state index in [1.165, 1.54) is 13.5 Å². The van der Waals surface area contributed by atoms with E-state index < -0.39 is 10.0 Å². The summed E-state index contributed by atoms with van der Waals surface area (Å²) in [6, 6.07) is 6.82. The molecule has 0 spiro atoms. The van der Waals surface area contributed by atoms with Crippen molar-refractivity contribution in [3.63, 3.8) is 0 Å². The van der Waals surface area contributed by atoms with Crippen molar-refractivity contribution in [2.75, 3.05) is 13.6 Å². The molecule has 0 bridgehead atoms. The number of carbonyl (C=O) groups excluding carboxylic acids is 1. The van der Waals surface area contributed by atoms with Gasteiger partial charge in [0.25, 0.3) is 0 Å². The molecule has 6 nitrogen and oxygen atoms in total. The van der Waals surface area contributed by atoms with Gasteiger partial charge in [-0.05, 0) is 56.5 Å². The summed E-state index contributed by atoms with van der Waals surface area (Å²) in [5, 5.41) is 3.11. The molecule has 0 heterocycles. The summed E-state index contributed by atoms with van der Waals surface area (Å²) in [6.07, 6.45) is 5.41. The first kappa shape index (κ1) is 21.9. The summed E-state index contributed by atoms with van der Waals surface area (Å²) >= 11 is 0. The Morgan fingerprint density at radius 2 is 1.84 bits per heavy atom. The van der Waals surface area contributed by atoms with Crippen LogP contribution >= 0.6 is 12.4 Å². The fraction of sp³-hybridized carbons (Fsp3) is 0.588. The van der Waals surface area contributed by atoms with Gasteiger partial charge in [-0.3, -0.25) is 4.79 Å². The van der Waals surface area contributed by atoms with Gasteiger partial charge >= 0.3 is 0 Å². The number of amides is 1. The average Bonchev–Trinajstić information content (AvgIpc) is 2.61. The molecule has 2 unspecified atom stereocenters. The number of aryl methyl sites for hydroxylation is 1. The SMILES string of the molecule is CNS(=O)(=O)c1ccc(CCC(=O)NC2CCCCC2CN)cc1.Cl. The molecule has 4 N–H and O–H groups in total. The van der Waals surface area contributed by atoms with Gasteiger partial charge in [-0.25, -0.2) is 13.1 Å². The van der Waals surface area contributed by atoms with E-state index in [0.717, 1.165) is 24.8 Å². The minimum absolute atomic E-state index is 0. The molecule has 0 saturated heterocycles. The van der Waals surface area contributed by atoms with Crippen LogP contribution in [0.2, 0.25) is 0 Å². The highest BCUT2D eigenvalue weighted by atomic mass is 35.5. The number of halogens is 1. The highest BCUT2D eigenvalue weighted by Gasteiger charge is 2.25. The Morgan fingerprint density at radius 1 is 1.20 bits per heavy atom. The summed E-state index contributed by atoms with van der Waals surface area (Å²) in [5.41, 5.74) is 6.73. The maximum absolute atomic E-state index is 12.2. The Balaban J connectivity index is 0.00000312. The molecule has 0 aromatic heterocycles. The molecule has 2 rings (SSSR count). The third-order valence-corrected chi connectivity index (χ3v) is 6.13. The molecule has 1 fully saturated rings. The third-order valence-electron chi connectivity index (χ3n) is 4.70. The summed E-state index contributed by atoms with van der Waals surface area (Å²) in [6.45, 7) is 0.617. The lowest BCUT2D eigenvalue weighted by Gasteiger charge is -2.31. The van der Waals surface area contributed by atoms with E-state index in [4.69, 9.17) is 5.73 Å². The number of hydrogen-bond donors (Lipinski definition) is 3. The van der Waals surface area contributed by atoms with Gasteiger partial charge in [-0.15, -0.1) is 12.4 Å². The zero-order valence-electron chi connectivity index (χ0n) is 14.5. The van der Waals surface area contributed by atoms with Crippen molar-refractivity contribution in [1.29, 1.82) is 0 Å². The molecule has 1 aliphatic rings. The highest BCUT2D eigenvalue weighted by Crippen LogP contribution is 2.23. The molecule has 1 saturated carbocycles. The quantitative estimate of drug-likeness (QED) is 0.658. The topological polar surface area (TPSA) is 101 Å². The first-order chi connectivity index (χ1) is 11.5. The molecule has 1 aromatic carbocycles. The van der Waals surface area contributed by atoms with E-state index in [1.807, 2.05) is 0 Å². The molecule has 8 heteroatoms. The van der Waals surface area contributed by atoms with Crippen LogP contribution in [0.25, 0.3) is 0 Å². The van der Waals surface area contributed by atoms with Crippen molar-refractivity contribution in [2.45, 2.75) is 49.5 Å². The first-order valence-corrected chi connectivity index (χ1v) is 9.96. The van der Waals surface area contributed by atoms with Gasteiger partial charge in [0.2, 0.25) is 15.9 Å². The number of hydrogen-bond acceptors (Lipinski definition) is 4. The molecule has 142 valence electrons. The fourth-order valence-corrected chi connectivity index (χ4v) is 3.90. The van der Waals surface area contributed by atoms with Crippen molar-refractivity contribution >= 4 is 28.3 Å². The number of benzene rings is 1. The number of sulfonamides is 1. The Kier molecular flexibility index (Phi) is 8.85. The minimum atomic E-state index is -3.42. The zero-order valence-corrected chi connectivity index (χ0v) is 16.2. The third kappa shape index (κ3) is 6.26. The van der Waals surface area contributed by atoms with Crippen LogP contribution in [-0.2, 0) is 21.2 Å². The molecule has 0 radical (unpaired) electrons. The molecular formula is C17H28ClN3O3S. The van der Waals surface area contributed by atoms with Gasteiger partial charge < -0.3 is 11.1 Å². The van der Waals surface area contributed by atoms with Crippen LogP contribution in [0, 0.1) is 5.92 Å². The van der Waals surface area contributed by atoms with E-state index in [0.29, 0.717) is 25.3 Å². The first-order valence-electron chi connectivity index (χ1n) is 8.48. The van der Waals surface area contributed by atoms with E-state index in [-0.39, 0.29) is 29.3 Å². The smallest absolute Gasteiger partial charge is 0.240 e. The summed E-state index contributed by atoms with van der Waals surface area (Å²) in [7, 11) is -2.03. The van der Waals surface area contributed by atoms with Gasteiger partial charge in [0.15, 0.2) is 0 Å². The zero-order chi connectivity index (χ0) is 17.6. The number of rotatable bonds is 7. The largest absolute Gasteiger partial charge is 0.353 e. The van der Waals surface area contributed by atoms with E-state index in [9.17, 15) is 13.2 Å². The van der Waals surface area contributed by atoms with E-state index in [1.54, 1.807) is 24.3 Å². The van der Waals surface area contributed by atoms with Crippen molar-refractivity contribution < 1.29 is 13.2 Å². The molecule has 2 atom stereocenters. The van der Waals surface area contributed by atoms with Crippen LogP contribution in [0.5, 0.6) is 0 Å². The Labute approximate surface area is 156 Å². The van der Waals surface area contributed by atoms with Gasteiger partial charge in [0.1, 0.15) is 0 Å². The second-order valence-corrected chi connectivity index (χ2v) is 8.19. The monoisotopic (exact) mass is 389 g/mol. The number of nitrogens with two attached hydrogens (primary N) is 1. The van der Waals surface area contributed by atoms with Gasteiger partial charge in [-0.2, -0.15) is 0 Å². The van der Waals surface area contributed by atoms with E-state index in [2.05, 4.69) is 10.0 Å². The standard InChI is InChI=1S/C17H27N3O3S.ClH/c1-19-24(22,23)15-9-6-13(7-10-15)8-11-17(21)20-16-5-3-2-4-14(16)12-18;/h6-7,9-10,14,16,19H,2-5,8,11-12,18H2,1H3,(H,20,21);1H. The lowest BCUT2D eigenvalue weighted by Crippen LogP contribution is -2.44. The second-order valence-electron chi connectivity index (χ2n) is 6.31. The Hall–Kier alpha value is -1.15. The predicted molar refractivity (Wildman–Crippen MR) is 101 cm³/mol. The van der Waals surface area contributed by atoms with Crippen molar-refractivity contribution in [3.05, 3.63) is 29.8 Å². The van der Waals surface area contributed by atoms with Crippen LogP contribution in [0.1, 0.15) is 37.7 Å². The molecular weight excluding hydrogens is 362 g/mol. The van der Waals surface area contributed by atoms with Crippen LogP contribution in [0.3, 0.4) is 0 Å². The summed E-state index contributed by atoms with van der Waals surface area (Å²) in [5.74, 6) is 0.418. The summed E-state index contributed by atoms with van der Waals surface area (Å²) < 4.78 is 25.6. The number of carbonyl (C=O) groups is 1. The molecule has 0 aliphatic heterocycles. The maximum atomic E-state index is 12.2. The van der Waals surface area contributed by atoms with Crippen LogP contribution in [0.15, 0.2) is 29.2 Å². The van der Waals surface area contributed by atoms with Gasteiger partial charge in [0, 0.05) is 12.5 Å². The van der Waals surface area contributed by atoms with Crippen LogP contribution < -0.4 is 15.8 Å². The number of nitrogens with one attached hydrogen (secondary N) is 2.